The van der Waals surface area contributed by atoms with E-state index in [2.05, 4.69) is 26.8 Å². The van der Waals surface area contributed by atoms with Crippen molar-refractivity contribution in [2.75, 3.05) is 0 Å². The third-order valence-corrected chi connectivity index (χ3v) is 6.24. The molecule has 4 aliphatic rings. The fraction of sp³-hybridized carbons (Fsp3) is 0.867. The van der Waals surface area contributed by atoms with Crippen LogP contribution < -0.4 is 0 Å². The van der Waals surface area contributed by atoms with Gasteiger partial charge in [0.25, 0.3) is 0 Å². The number of rotatable bonds is 0. The van der Waals surface area contributed by atoms with Crippen molar-refractivity contribution in [2.24, 2.45) is 22.7 Å². The molecule has 2 saturated carbocycles. The summed E-state index contributed by atoms with van der Waals surface area (Å²) in [5.74, 6) is 1.87. The average molecular weight is 204 g/mol. The Morgan fingerprint density at radius 1 is 1.27 bits per heavy atom. The van der Waals surface area contributed by atoms with E-state index in [0.29, 0.717) is 10.8 Å². The van der Waals surface area contributed by atoms with Gasteiger partial charge in [0.2, 0.25) is 0 Å². The van der Waals surface area contributed by atoms with Crippen LogP contribution in [0.2, 0.25) is 0 Å². The van der Waals surface area contributed by atoms with Gasteiger partial charge < -0.3 is 0 Å². The molecule has 4 rings (SSSR count). The second kappa shape index (κ2) is 2.90. The van der Waals surface area contributed by atoms with E-state index in [0.717, 1.165) is 11.8 Å². The van der Waals surface area contributed by atoms with Crippen LogP contribution in [0.1, 0.15) is 59.3 Å². The fourth-order valence-corrected chi connectivity index (χ4v) is 4.93. The molecule has 84 valence electrons. The Balaban J connectivity index is 2.09. The van der Waals surface area contributed by atoms with E-state index in [1.54, 1.807) is 5.57 Å². The minimum Gasteiger partial charge on any atom is -0.0785 e. The van der Waals surface area contributed by atoms with Crippen LogP contribution in [-0.2, 0) is 0 Å². The standard InChI is InChI=1S/C15H24/c1-11-9-15-7-4-5-12(2)14(15,3)10-13(11)6-8-15/h9,12-13H,4-8,10H2,1-3H3. The van der Waals surface area contributed by atoms with Crippen LogP contribution in [-0.4, -0.2) is 0 Å². The Bertz CT molecular complexity index is 314. The summed E-state index contributed by atoms with van der Waals surface area (Å²) in [6.45, 7) is 7.47. The molecule has 0 aromatic heterocycles. The van der Waals surface area contributed by atoms with Gasteiger partial charge in [-0.3, -0.25) is 0 Å². The Morgan fingerprint density at radius 2 is 2.07 bits per heavy atom. The van der Waals surface area contributed by atoms with Crippen LogP contribution in [0.4, 0.5) is 0 Å². The van der Waals surface area contributed by atoms with Crippen molar-refractivity contribution in [2.45, 2.75) is 59.3 Å². The zero-order valence-corrected chi connectivity index (χ0v) is 10.5. The lowest BCUT2D eigenvalue weighted by atomic mass is 9.42. The minimum absolute atomic E-state index is 0.601. The summed E-state index contributed by atoms with van der Waals surface area (Å²) in [5, 5.41) is 0. The lowest BCUT2D eigenvalue weighted by molar-refractivity contribution is -0.0732. The third-order valence-electron chi connectivity index (χ3n) is 6.24. The van der Waals surface area contributed by atoms with Crippen LogP contribution in [0, 0.1) is 22.7 Å². The van der Waals surface area contributed by atoms with E-state index in [4.69, 9.17) is 0 Å². The van der Waals surface area contributed by atoms with E-state index in [1.807, 2.05) is 0 Å². The van der Waals surface area contributed by atoms with Gasteiger partial charge in [-0.15, -0.1) is 0 Å². The normalized spacial score (nSPS) is 53.7. The van der Waals surface area contributed by atoms with Gasteiger partial charge in [-0.1, -0.05) is 38.3 Å². The summed E-state index contributed by atoms with van der Waals surface area (Å²) >= 11 is 0. The molecule has 0 nitrogen and oxygen atoms in total. The second-order valence-electron chi connectivity index (χ2n) is 6.69. The Labute approximate surface area is 94.1 Å². The summed E-state index contributed by atoms with van der Waals surface area (Å²) in [4.78, 5) is 0. The average Bonchev–Trinajstić information content (AvgIpc) is 2.19. The molecular weight excluding hydrogens is 180 g/mol. The Kier molecular flexibility index (Phi) is 1.92. The van der Waals surface area contributed by atoms with Crippen molar-refractivity contribution < 1.29 is 0 Å². The van der Waals surface area contributed by atoms with Gasteiger partial charge in [-0.05, 0) is 55.3 Å². The molecule has 15 heavy (non-hydrogen) atoms. The number of fused-ring (bicyclic) bond motifs is 1. The molecule has 0 radical (unpaired) electrons. The van der Waals surface area contributed by atoms with Crippen molar-refractivity contribution >= 4 is 0 Å². The largest absolute Gasteiger partial charge is 0.0785 e. The van der Waals surface area contributed by atoms with Gasteiger partial charge >= 0.3 is 0 Å². The Morgan fingerprint density at radius 3 is 2.80 bits per heavy atom. The number of hydrogen-bond donors (Lipinski definition) is 0. The van der Waals surface area contributed by atoms with Gasteiger partial charge in [0, 0.05) is 0 Å². The summed E-state index contributed by atoms with van der Waals surface area (Å²) in [6, 6.07) is 0. The summed E-state index contributed by atoms with van der Waals surface area (Å²) in [6.07, 6.45) is 11.5. The predicted molar refractivity (Wildman–Crippen MR) is 64.7 cm³/mol. The van der Waals surface area contributed by atoms with Crippen molar-refractivity contribution in [3.05, 3.63) is 11.6 Å². The zero-order valence-electron chi connectivity index (χ0n) is 10.5. The van der Waals surface area contributed by atoms with Gasteiger partial charge in [0.05, 0.1) is 0 Å². The molecule has 4 atom stereocenters. The van der Waals surface area contributed by atoms with Crippen molar-refractivity contribution in [1.29, 1.82) is 0 Å². The molecule has 0 aromatic rings. The molecular formula is C15H24. The van der Waals surface area contributed by atoms with Gasteiger partial charge in [-0.2, -0.15) is 0 Å². The van der Waals surface area contributed by atoms with Gasteiger partial charge in [0.1, 0.15) is 0 Å². The van der Waals surface area contributed by atoms with Gasteiger partial charge in [0.15, 0.2) is 0 Å². The van der Waals surface area contributed by atoms with E-state index in [1.165, 1.54) is 38.5 Å². The van der Waals surface area contributed by atoms with E-state index in [9.17, 15) is 0 Å². The molecule has 0 heterocycles. The van der Waals surface area contributed by atoms with Crippen molar-refractivity contribution in [1.82, 2.24) is 0 Å². The second-order valence-corrected chi connectivity index (χ2v) is 6.69. The number of allylic oxidation sites excluding steroid dienone is 2. The topological polar surface area (TPSA) is 0 Å². The zero-order chi connectivity index (χ0) is 10.7. The minimum atomic E-state index is 0.601. The van der Waals surface area contributed by atoms with E-state index >= 15 is 0 Å². The molecule has 4 aliphatic carbocycles. The maximum atomic E-state index is 2.69. The highest BCUT2D eigenvalue weighted by atomic mass is 14.6. The van der Waals surface area contributed by atoms with Crippen LogP contribution in [0.25, 0.3) is 0 Å². The molecule has 4 unspecified atom stereocenters. The first-order valence-corrected chi connectivity index (χ1v) is 6.77. The van der Waals surface area contributed by atoms with Crippen LogP contribution >= 0.6 is 0 Å². The SMILES string of the molecule is CC1=CC23CCCC(C)C2(C)CC1CC3. The fourth-order valence-electron chi connectivity index (χ4n) is 4.93. The molecule has 0 aromatic carbocycles. The molecule has 2 fully saturated rings. The smallest absolute Gasteiger partial charge is 0.00588 e. The monoisotopic (exact) mass is 204 g/mol. The maximum absolute atomic E-state index is 2.69. The summed E-state index contributed by atoms with van der Waals surface area (Å²) in [7, 11) is 0. The first-order valence-electron chi connectivity index (χ1n) is 6.77. The molecule has 1 spiro atoms. The van der Waals surface area contributed by atoms with Crippen LogP contribution in [0.3, 0.4) is 0 Å². The van der Waals surface area contributed by atoms with Crippen molar-refractivity contribution in [3.8, 4) is 0 Å². The molecule has 0 N–H and O–H groups in total. The van der Waals surface area contributed by atoms with Crippen LogP contribution in [0.5, 0.6) is 0 Å². The van der Waals surface area contributed by atoms with Crippen LogP contribution in [0.15, 0.2) is 11.6 Å². The Hall–Kier alpha value is -0.260. The maximum Gasteiger partial charge on any atom is -0.00588 e. The highest BCUT2D eigenvalue weighted by molar-refractivity contribution is 5.26. The molecule has 2 bridgehead atoms. The quantitative estimate of drug-likeness (QED) is 0.507. The first kappa shape index (κ1) is 9.93. The lowest BCUT2D eigenvalue weighted by Crippen LogP contribution is -2.53. The molecule has 0 heteroatoms. The highest BCUT2D eigenvalue weighted by Gasteiger charge is 2.57. The summed E-state index contributed by atoms with van der Waals surface area (Å²) in [5.41, 5.74) is 2.95. The first-order chi connectivity index (χ1) is 7.07. The van der Waals surface area contributed by atoms with Crippen molar-refractivity contribution in [3.63, 3.8) is 0 Å². The van der Waals surface area contributed by atoms with Gasteiger partial charge in [-0.25, -0.2) is 0 Å². The molecule has 0 amide bonds. The van der Waals surface area contributed by atoms with E-state index < -0.39 is 0 Å². The lowest BCUT2D eigenvalue weighted by Gasteiger charge is -2.62. The predicted octanol–water partition coefficient (Wildman–Crippen LogP) is 4.56. The number of hydrogen-bond acceptors (Lipinski definition) is 0. The highest BCUT2D eigenvalue weighted by Crippen LogP contribution is 2.66. The van der Waals surface area contributed by atoms with E-state index in [-0.39, 0.29) is 0 Å². The molecule has 0 aliphatic heterocycles. The summed E-state index contributed by atoms with van der Waals surface area (Å²) < 4.78 is 0. The molecule has 0 saturated heterocycles. The third kappa shape index (κ3) is 1.09.